The Kier molecular flexibility index (Phi) is 7.97. The molecule has 0 atom stereocenters. The highest BCUT2D eigenvalue weighted by atomic mass is 16.1. The van der Waals surface area contributed by atoms with Crippen LogP contribution in [0.3, 0.4) is 0 Å². The second-order valence-electron chi connectivity index (χ2n) is 14.5. The summed E-state index contributed by atoms with van der Waals surface area (Å²) in [6, 6.07) is 49.0. The van der Waals surface area contributed by atoms with Gasteiger partial charge in [-0.05, 0) is 109 Å². The van der Waals surface area contributed by atoms with Gasteiger partial charge in [-0.3, -0.25) is 18.7 Å². The monoisotopic (exact) mass is 703 g/mol. The SMILES string of the molecule is CCC(CC)(Nc1ccc(C)cc1C)c1ccc2c(c1)c(=O)n(-c1ccccc1)c1cc3c4c(ccc5ccccc54)c(=O)n(-c4ccccc4)c3cc21. The zero-order valence-corrected chi connectivity index (χ0v) is 31.0. The number of nitrogens with zero attached hydrogens (tertiary/aromatic N) is 2. The van der Waals surface area contributed by atoms with E-state index < -0.39 is 5.54 Å². The molecule has 9 rings (SSSR count). The Hall–Kier alpha value is -6.46. The molecule has 0 fully saturated rings. The first-order chi connectivity index (χ1) is 26.3. The quantitative estimate of drug-likeness (QED) is 0.133. The van der Waals surface area contributed by atoms with Crippen LogP contribution in [0.4, 0.5) is 5.69 Å². The molecule has 0 saturated carbocycles. The van der Waals surface area contributed by atoms with Gasteiger partial charge in [-0.2, -0.15) is 0 Å². The number of hydrogen-bond donors (Lipinski definition) is 1. The molecule has 0 saturated heterocycles. The smallest absolute Gasteiger partial charge is 0.263 e. The zero-order chi connectivity index (χ0) is 37.1. The molecule has 5 heteroatoms. The molecule has 7 aromatic carbocycles. The summed E-state index contributed by atoms with van der Waals surface area (Å²) >= 11 is 0. The van der Waals surface area contributed by atoms with E-state index in [0.29, 0.717) is 10.8 Å². The van der Waals surface area contributed by atoms with E-state index in [1.807, 2.05) is 94.1 Å². The number of hydrogen-bond acceptors (Lipinski definition) is 3. The molecule has 5 nitrogen and oxygen atoms in total. The second-order valence-corrected chi connectivity index (χ2v) is 14.5. The van der Waals surface area contributed by atoms with Crippen LogP contribution in [-0.2, 0) is 5.54 Å². The Balaban J connectivity index is 1.43. The van der Waals surface area contributed by atoms with E-state index in [2.05, 4.69) is 93.7 Å². The van der Waals surface area contributed by atoms with Crippen molar-refractivity contribution < 1.29 is 0 Å². The lowest BCUT2D eigenvalue weighted by atomic mass is 9.83. The topological polar surface area (TPSA) is 56.0 Å². The van der Waals surface area contributed by atoms with Crippen LogP contribution in [0.25, 0.3) is 65.5 Å². The largest absolute Gasteiger partial charge is 0.375 e. The van der Waals surface area contributed by atoms with Gasteiger partial charge in [0.2, 0.25) is 0 Å². The Morgan fingerprint density at radius 2 is 1.11 bits per heavy atom. The van der Waals surface area contributed by atoms with Crippen molar-refractivity contribution in [3.63, 3.8) is 0 Å². The maximum atomic E-state index is 15.1. The highest BCUT2D eigenvalue weighted by Gasteiger charge is 2.30. The maximum Gasteiger partial charge on any atom is 0.263 e. The molecule has 264 valence electrons. The highest BCUT2D eigenvalue weighted by molar-refractivity contribution is 6.22. The van der Waals surface area contributed by atoms with Gasteiger partial charge in [0, 0.05) is 44.0 Å². The van der Waals surface area contributed by atoms with E-state index in [4.69, 9.17) is 0 Å². The minimum atomic E-state index is -0.398. The number of aryl methyl sites for hydroxylation is 2. The van der Waals surface area contributed by atoms with Crippen LogP contribution >= 0.6 is 0 Å². The van der Waals surface area contributed by atoms with Crippen molar-refractivity contribution in [2.45, 2.75) is 46.1 Å². The standard InChI is InChI=1S/C49H41N3O2/c1-5-49(6-2,50-43-26-21-31(3)27-32(43)4)34-23-25-38-40-29-45-42(30-44(40)51(48(54)41(38)28-34)35-16-9-7-10-17-35)46-37-20-14-13-15-33(37)22-24-39(46)47(53)52(45)36-18-11-8-12-19-36/h7-30,50H,5-6H2,1-4H3. The fourth-order valence-electron chi connectivity index (χ4n) is 8.60. The first-order valence-corrected chi connectivity index (χ1v) is 18.8. The lowest BCUT2D eigenvalue weighted by Crippen LogP contribution is -2.34. The molecule has 0 radical (unpaired) electrons. The Morgan fingerprint density at radius 3 is 1.78 bits per heavy atom. The molecule has 9 aromatic rings. The molecule has 54 heavy (non-hydrogen) atoms. The third-order valence-corrected chi connectivity index (χ3v) is 11.5. The summed E-state index contributed by atoms with van der Waals surface area (Å²) in [5.74, 6) is 0. The van der Waals surface area contributed by atoms with E-state index in [-0.39, 0.29) is 11.1 Å². The Labute approximate surface area is 313 Å². The number of nitrogens with one attached hydrogen (secondary N) is 1. The number of rotatable bonds is 7. The van der Waals surface area contributed by atoms with E-state index in [9.17, 15) is 4.79 Å². The van der Waals surface area contributed by atoms with Crippen molar-refractivity contribution in [2.24, 2.45) is 0 Å². The van der Waals surface area contributed by atoms with Gasteiger partial charge in [-0.25, -0.2) is 0 Å². The molecule has 0 bridgehead atoms. The Bertz CT molecular complexity index is 3050. The summed E-state index contributed by atoms with van der Waals surface area (Å²) in [7, 11) is 0. The summed E-state index contributed by atoms with van der Waals surface area (Å²) in [6.45, 7) is 8.66. The molecule has 1 N–H and O–H groups in total. The van der Waals surface area contributed by atoms with Crippen molar-refractivity contribution in [1.29, 1.82) is 0 Å². The van der Waals surface area contributed by atoms with Gasteiger partial charge in [0.15, 0.2) is 0 Å². The van der Waals surface area contributed by atoms with Gasteiger partial charge < -0.3 is 5.32 Å². The van der Waals surface area contributed by atoms with Crippen LogP contribution in [0.15, 0.2) is 155 Å². The second kappa shape index (κ2) is 12.9. The van der Waals surface area contributed by atoms with Crippen LogP contribution in [0.5, 0.6) is 0 Å². The number of para-hydroxylation sites is 2. The van der Waals surface area contributed by atoms with E-state index in [0.717, 1.165) is 78.8 Å². The van der Waals surface area contributed by atoms with Crippen LogP contribution in [0.2, 0.25) is 0 Å². The molecular formula is C49H41N3O2. The normalized spacial score (nSPS) is 12.0. The van der Waals surface area contributed by atoms with Gasteiger partial charge in [0.05, 0.1) is 16.6 Å². The minimum absolute atomic E-state index is 0.0788. The number of benzene rings is 7. The third-order valence-electron chi connectivity index (χ3n) is 11.5. The fraction of sp³-hybridized carbons (Fsp3) is 0.143. The van der Waals surface area contributed by atoms with Gasteiger partial charge in [-0.1, -0.05) is 110 Å². The Morgan fingerprint density at radius 1 is 0.519 bits per heavy atom. The predicted octanol–water partition coefficient (Wildman–Crippen LogP) is 11.5. The lowest BCUT2D eigenvalue weighted by Gasteiger charge is -2.35. The molecule has 0 spiro atoms. The lowest BCUT2D eigenvalue weighted by molar-refractivity contribution is 0.455. The van der Waals surface area contributed by atoms with Crippen LogP contribution in [0.1, 0.15) is 43.4 Å². The van der Waals surface area contributed by atoms with Crippen molar-refractivity contribution in [3.05, 3.63) is 183 Å². The summed E-state index contributed by atoms with van der Waals surface area (Å²) in [6.07, 6.45) is 1.66. The summed E-state index contributed by atoms with van der Waals surface area (Å²) < 4.78 is 3.68. The molecule has 2 aromatic heterocycles. The molecule has 2 heterocycles. The van der Waals surface area contributed by atoms with Crippen LogP contribution in [0, 0.1) is 13.8 Å². The van der Waals surface area contributed by atoms with Gasteiger partial charge >= 0.3 is 0 Å². The number of anilines is 1. The zero-order valence-electron chi connectivity index (χ0n) is 31.0. The summed E-state index contributed by atoms with van der Waals surface area (Å²) in [5.41, 5.74) is 7.17. The molecular weight excluding hydrogens is 663 g/mol. The van der Waals surface area contributed by atoms with Gasteiger partial charge in [-0.15, -0.1) is 0 Å². The summed E-state index contributed by atoms with van der Waals surface area (Å²) in [5, 5.41) is 10.8. The fourth-order valence-corrected chi connectivity index (χ4v) is 8.60. The maximum absolute atomic E-state index is 15.1. The third kappa shape index (κ3) is 5.14. The molecule has 0 aliphatic heterocycles. The van der Waals surface area contributed by atoms with E-state index in [1.54, 1.807) is 0 Å². The average molecular weight is 704 g/mol. The first kappa shape index (κ1) is 33.4. The van der Waals surface area contributed by atoms with Crippen molar-refractivity contribution >= 4 is 59.8 Å². The van der Waals surface area contributed by atoms with Crippen molar-refractivity contribution in [3.8, 4) is 11.4 Å². The number of fused-ring (bicyclic) bond motifs is 8. The van der Waals surface area contributed by atoms with Crippen LogP contribution in [-0.4, -0.2) is 9.13 Å². The van der Waals surface area contributed by atoms with Gasteiger partial charge in [0.1, 0.15) is 0 Å². The highest BCUT2D eigenvalue weighted by Crippen LogP contribution is 2.39. The average Bonchev–Trinajstić information content (AvgIpc) is 3.21. The first-order valence-electron chi connectivity index (χ1n) is 18.8. The summed E-state index contributed by atoms with van der Waals surface area (Å²) in [4.78, 5) is 29.7. The van der Waals surface area contributed by atoms with Crippen LogP contribution < -0.4 is 16.4 Å². The van der Waals surface area contributed by atoms with Crippen molar-refractivity contribution in [1.82, 2.24) is 9.13 Å². The van der Waals surface area contributed by atoms with Crippen molar-refractivity contribution in [2.75, 3.05) is 5.32 Å². The number of aromatic nitrogens is 2. The minimum Gasteiger partial charge on any atom is -0.375 e. The number of pyridine rings is 2. The molecule has 0 aliphatic rings. The molecule has 0 aliphatic carbocycles. The predicted molar refractivity (Wildman–Crippen MR) is 227 cm³/mol. The van der Waals surface area contributed by atoms with E-state index >= 15 is 4.79 Å². The molecule has 0 amide bonds. The van der Waals surface area contributed by atoms with E-state index in [1.165, 1.54) is 11.1 Å². The molecule has 0 unspecified atom stereocenters. The van der Waals surface area contributed by atoms with Gasteiger partial charge in [0.25, 0.3) is 11.1 Å².